The summed E-state index contributed by atoms with van der Waals surface area (Å²) >= 11 is 0. The second-order valence-corrected chi connectivity index (χ2v) is 8.88. The minimum atomic E-state index is -1.88. The van der Waals surface area contributed by atoms with E-state index in [1.807, 2.05) is 0 Å². The first-order chi connectivity index (χ1) is 15.8. The number of unbranched alkanes of at least 4 members (excludes halogenated alkanes) is 1. The zero-order chi connectivity index (χ0) is 26.1. The van der Waals surface area contributed by atoms with E-state index >= 15 is 0 Å². The van der Waals surface area contributed by atoms with Gasteiger partial charge in [-0.3, -0.25) is 14.4 Å². The number of nitrogens with two attached hydrogens (primary N) is 1. The van der Waals surface area contributed by atoms with Gasteiger partial charge in [0.2, 0.25) is 11.8 Å². The molecule has 0 aromatic carbocycles. The number of carbonyl (C=O) groups is 3. The summed E-state index contributed by atoms with van der Waals surface area (Å²) in [6, 6.07) is -2.84. The molecule has 2 amide bonds. The van der Waals surface area contributed by atoms with E-state index in [0.717, 1.165) is 0 Å². The standard InChI is InChI=1S/C21H40N4O9/c1-11-16(27)15(10-26)34-21(33,17(11)28)7-9-23-8-5-4-6-14(22)19(30)24-12(2)18(29)25-13(3)20(31)32/h11-17,23,26-28,33H,4-10,22H2,1-3H3,(H,24,30)(H,25,29)(H,31,32)/t11-,12-,13-,14-,15+,16+,17+,21?/m0/s1. The predicted molar refractivity (Wildman–Crippen MR) is 120 cm³/mol. The van der Waals surface area contributed by atoms with Crippen LogP contribution in [0.25, 0.3) is 0 Å². The number of aliphatic hydroxyl groups is 4. The summed E-state index contributed by atoms with van der Waals surface area (Å²) in [6.07, 6.45) is -1.68. The first kappa shape index (κ1) is 30.2. The molecule has 13 heteroatoms. The van der Waals surface area contributed by atoms with Gasteiger partial charge in [-0.1, -0.05) is 13.3 Å². The summed E-state index contributed by atoms with van der Waals surface area (Å²) in [7, 11) is 0. The van der Waals surface area contributed by atoms with Crippen LogP contribution in [-0.2, 0) is 19.1 Å². The SMILES string of the molecule is C[C@H]1[C@@H](O)[C@@H](CO)OC(O)(CCNCCCC[C@H](N)C(=O)N[C@@H](C)C(=O)N[C@@H](C)C(=O)O)[C@@H]1O. The van der Waals surface area contributed by atoms with Gasteiger partial charge in [-0.2, -0.15) is 0 Å². The molecule has 1 aliphatic heterocycles. The summed E-state index contributed by atoms with van der Waals surface area (Å²) in [4.78, 5) is 34.8. The van der Waals surface area contributed by atoms with Crippen LogP contribution in [-0.4, -0.2) is 105 Å². The molecule has 0 radical (unpaired) electrons. The number of carboxylic acids is 1. The van der Waals surface area contributed by atoms with Crippen LogP contribution in [0.3, 0.4) is 0 Å². The number of nitrogens with one attached hydrogen (secondary N) is 3. The number of carboxylic acid groups (broad SMARTS) is 1. The molecule has 34 heavy (non-hydrogen) atoms. The van der Waals surface area contributed by atoms with Crippen molar-refractivity contribution in [3.8, 4) is 0 Å². The molecule has 13 nitrogen and oxygen atoms in total. The van der Waals surface area contributed by atoms with Gasteiger partial charge in [0.05, 0.1) is 18.8 Å². The fourth-order valence-corrected chi connectivity index (χ4v) is 3.61. The van der Waals surface area contributed by atoms with E-state index in [-0.39, 0.29) is 6.42 Å². The van der Waals surface area contributed by atoms with Gasteiger partial charge in [0.15, 0.2) is 5.79 Å². The van der Waals surface area contributed by atoms with Crippen LogP contribution in [0.4, 0.5) is 0 Å². The van der Waals surface area contributed by atoms with Crippen molar-refractivity contribution < 1.29 is 44.7 Å². The highest BCUT2D eigenvalue weighted by Crippen LogP contribution is 2.33. The number of ether oxygens (including phenoxy) is 1. The van der Waals surface area contributed by atoms with E-state index in [0.29, 0.717) is 32.4 Å². The molecule has 0 aromatic heterocycles. The van der Waals surface area contributed by atoms with Crippen LogP contribution < -0.4 is 21.7 Å². The van der Waals surface area contributed by atoms with Crippen molar-refractivity contribution in [3.05, 3.63) is 0 Å². The largest absolute Gasteiger partial charge is 0.480 e. The van der Waals surface area contributed by atoms with E-state index in [9.17, 15) is 34.8 Å². The Morgan fingerprint density at radius 2 is 1.68 bits per heavy atom. The normalized spacial score (nSPS) is 29.6. The van der Waals surface area contributed by atoms with Gasteiger partial charge in [-0.05, 0) is 33.2 Å². The maximum absolute atomic E-state index is 12.1. The molecule has 1 aliphatic rings. The van der Waals surface area contributed by atoms with Crippen LogP contribution in [0, 0.1) is 5.92 Å². The first-order valence-electron chi connectivity index (χ1n) is 11.5. The molecule has 1 rings (SSSR count). The lowest BCUT2D eigenvalue weighted by atomic mass is 9.84. The zero-order valence-electron chi connectivity index (χ0n) is 19.9. The number of aliphatic carboxylic acids is 1. The van der Waals surface area contributed by atoms with Crippen molar-refractivity contribution in [1.29, 1.82) is 0 Å². The Morgan fingerprint density at radius 1 is 1.06 bits per heavy atom. The van der Waals surface area contributed by atoms with Crippen LogP contribution in [0.2, 0.25) is 0 Å². The van der Waals surface area contributed by atoms with Gasteiger partial charge < -0.3 is 52.0 Å². The van der Waals surface area contributed by atoms with E-state index in [2.05, 4.69) is 16.0 Å². The molecule has 0 bridgehead atoms. The molecule has 0 aromatic rings. The summed E-state index contributed by atoms with van der Waals surface area (Å²) in [5.74, 6) is -4.87. The number of rotatable bonds is 14. The molecule has 0 aliphatic carbocycles. The Morgan fingerprint density at radius 3 is 2.26 bits per heavy atom. The molecule has 0 spiro atoms. The van der Waals surface area contributed by atoms with Crippen molar-refractivity contribution in [2.75, 3.05) is 19.7 Å². The number of hydrogen-bond donors (Lipinski definition) is 9. The summed E-state index contributed by atoms with van der Waals surface area (Å²) < 4.78 is 5.33. The predicted octanol–water partition coefficient (Wildman–Crippen LogP) is -3.00. The minimum Gasteiger partial charge on any atom is -0.480 e. The lowest BCUT2D eigenvalue weighted by molar-refractivity contribution is -0.340. The number of hydrogen-bond acceptors (Lipinski definition) is 10. The fourth-order valence-electron chi connectivity index (χ4n) is 3.61. The minimum absolute atomic E-state index is 0.0457. The van der Waals surface area contributed by atoms with Gasteiger partial charge in [-0.25, -0.2) is 0 Å². The molecule has 0 saturated carbocycles. The molecular formula is C21H40N4O9. The second-order valence-electron chi connectivity index (χ2n) is 8.88. The molecule has 1 unspecified atom stereocenters. The van der Waals surface area contributed by atoms with Crippen molar-refractivity contribution in [2.24, 2.45) is 11.7 Å². The van der Waals surface area contributed by atoms with E-state index in [1.54, 1.807) is 6.92 Å². The highest BCUT2D eigenvalue weighted by molar-refractivity contribution is 5.91. The van der Waals surface area contributed by atoms with E-state index in [1.165, 1.54) is 13.8 Å². The maximum Gasteiger partial charge on any atom is 0.325 e. The molecule has 1 heterocycles. The highest BCUT2D eigenvalue weighted by atomic mass is 16.7. The number of amides is 2. The van der Waals surface area contributed by atoms with Crippen molar-refractivity contribution >= 4 is 17.8 Å². The van der Waals surface area contributed by atoms with Crippen molar-refractivity contribution in [2.45, 2.75) is 88.7 Å². The third-order valence-corrected chi connectivity index (χ3v) is 6.01. The van der Waals surface area contributed by atoms with Gasteiger partial charge in [0, 0.05) is 18.9 Å². The van der Waals surface area contributed by atoms with Gasteiger partial charge >= 0.3 is 5.97 Å². The molecule has 10 N–H and O–H groups in total. The summed E-state index contributed by atoms with van der Waals surface area (Å²) in [5, 5.41) is 56.8. The Kier molecular flexibility index (Phi) is 12.3. The van der Waals surface area contributed by atoms with Gasteiger partial charge in [-0.15, -0.1) is 0 Å². The Hall–Kier alpha value is -1.87. The smallest absolute Gasteiger partial charge is 0.325 e. The van der Waals surface area contributed by atoms with Gasteiger partial charge in [0.25, 0.3) is 0 Å². The van der Waals surface area contributed by atoms with Crippen LogP contribution in [0.15, 0.2) is 0 Å². The Balaban J connectivity index is 2.27. The average Bonchev–Trinajstić information content (AvgIpc) is 2.79. The topological polar surface area (TPSA) is 224 Å². The van der Waals surface area contributed by atoms with E-state index in [4.69, 9.17) is 15.6 Å². The van der Waals surface area contributed by atoms with Crippen LogP contribution in [0.5, 0.6) is 0 Å². The van der Waals surface area contributed by atoms with Crippen molar-refractivity contribution in [3.63, 3.8) is 0 Å². The Labute approximate surface area is 199 Å². The third-order valence-electron chi connectivity index (χ3n) is 6.01. The van der Waals surface area contributed by atoms with Crippen molar-refractivity contribution in [1.82, 2.24) is 16.0 Å². The fraction of sp³-hybridized carbons (Fsp3) is 0.857. The number of carbonyl (C=O) groups excluding carboxylic acids is 2. The van der Waals surface area contributed by atoms with E-state index < -0.39 is 72.5 Å². The van der Waals surface area contributed by atoms with Gasteiger partial charge in [0.1, 0.15) is 24.3 Å². The maximum atomic E-state index is 12.1. The number of aliphatic hydroxyl groups excluding tert-OH is 3. The quantitative estimate of drug-likeness (QED) is 0.111. The first-order valence-corrected chi connectivity index (χ1v) is 11.5. The summed E-state index contributed by atoms with van der Waals surface area (Å²) in [5.41, 5.74) is 5.86. The molecule has 1 saturated heterocycles. The molecular weight excluding hydrogens is 452 g/mol. The lowest BCUT2D eigenvalue weighted by Crippen LogP contribution is -2.62. The van der Waals surface area contributed by atoms with Crippen LogP contribution >= 0.6 is 0 Å². The molecule has 198 valence electrons. The lowest BCUT2D eigenvalue weighted by Gasteiger charge is -2.46. The monoisotopic (exact) mass is 492 g/mol. The third kappa shape index (κ3) is 8.73. The molecule has 1 fully saturated rings. The van der Waals surface area contributed by atoms with Crippen LogP contribution in [0.1, 0.15) is 46.5 Å². The zero-order valence-corrected chi connectivity index (χ0v) is 19.9. The summed E-state index contributed by atoms with van der Waals surface area (Å²) in [6.45, 7) is 4.70. The average molecular weight is 493 g/mol. The molecule has 8 atom stereocenters. The Bertz CT molecular complexity index is 681. The highest BCUT2D eigenvalue weighted by Gasteiger charge is 2.50. The second kappa shape index (κ2) is 13.9.